The number of nitrogens with zero attached hydrogens (tertiary/aromatic N) is 1. The Balaban J connectivity index is 0.000000128. The van der Waals surface area contributed by atoms with Gasteiger partial charge in [-0.05, 0) is 317 Å². The summed E-state index contributed by atoms with van der Waals surface area (Å²) in [6, 6.07) is 0. The molecule has 16 saturated carbocycles. The first kappa shape index (κ1) is 102. The molecule has 16 fully saturated rings. The monoisotopic (exact) mass is 2000 g/mol. The summed E-state index contributed by atoms with van der Waals surface area (Å²) in [5, 5.41) is 126. The van der Waals surface area contributed by atoms with Crippen LogP contribution in [0.25, 0.3) is 0 Å². The van der Waals surface area contributed by atoms with E-state index in [-0.39, 0.29) is 187 Å². The van der Waals surface area contributed by atoms with E-state index in [2.05, 4.69) is 55.7 Å². The minimum absolute atomic E-state index is 0.00749. The van der Waals surface area contributed by atoms with E-state index in [9.17, 15) is 98.8 Å². The van der Waals surface area contributed by atoms with Crippen molar-refractivity contribution >= 4 is 99.7 Å². The molecular formula is C104H143BrClNO30. The van der Waals surface area contributed by atoms with E-state index >= 15 is 0 Å². The zero-order chi connectivity index (χ0) is 98.2. The van der Waals surface area contributed by atoms with Crippen molar-refractivity contribution in [3.05, 3.63) is 46.6 Å². The zero-order valence-electron chi connectivity index (χ0n) is 79.9. The number of hydrogen-bond donors (Lipinski definition) is 11. The summed E-state index contributed by atoms with van der Waals surface area (Å²) < 4.78 is 43.1. The molecule has 24 unspecified atom stereocenters. The second-order valence-electron chi connectivity index (χ2n) is 46.8. The summed E-state index contributed by atoms with van der Waals surface area (Å²) in [7, 11) is 0. The quantitative estimate of drug-likeness (QED) is 0.0109. The molecule has 0 aromatic heterocycles. The predicted molar refractivity (Wildman–Crippen MR) is 491 cm³/mol. The van der Waals surface area contributed by atoms with Gasteiger partial charge < -0.3 is 99.0 Å². The summed E-state index contributed by atoms with van der Waals surface area (Å²) in [6.07, 6.45) is 29.7. The molecule has 4 aliphatic heterocycles. The molecule has 4 heterocycles. The van der Waals surface area contributed by atoms with Crippen molar-refractivity contribution in [1.82, 2.24) is 0 Å². The molecular weight excluding hydrogens is 1860 g/mol. The van der Waals surface area contributed by atoms with E-state index in [1.54, 1.807) is 24.3 Å². The summed E-state index contributed by atoms with van der Waals surface area (Å²) in [6.45, 7) is 12.2. The van der Waals surface area contributed by atoms with E-state index in [4.69, 9.17) is 59.7 Å². The number of carbonyl (C=O) groups excluding carboxylic acids is 9. The maximum absolute atomic E-state index is 12.7. The van der Waals surface area contributed by atoms with Gasteiger partial charge in [0, 0.05) is 76.1 Å². The first-order valence-electron chi connectivity index (χ1n) is 50.9. The van der Waals surface area contributed by atoms with Crippen molar-refractivity contribution in [1.29, 1.82) is 0 Å². The van der Waals surface area contributed by atoms with E-state index in [0.29, 0.717) is 147 Å². The lowest BCUT2D eigenvalue weighted by Crippen LogP contribution is -2.69. The molecule has 137 heavy (non-hydrogen) atoms. The number of halogens is 2. The summed E-state index contributed by atoms with van der Waals surface area (Å²) in [5.41, 5.74) is -7.32. The Kier molecular flexibility index (Phi) is 27.8. The number of alkyl halides is 2. The lowest BCUT2D eigenvalue weighted by molar-refractivity contribution is -0.272. The van der Waals surface area contributed by atoms with E-state index in [1.807, 2.05) is 0 Å². The van der Waals surface area contributed by atoms with Crippen LogP contribution in [0.3, 0.4) is 0 Å². The highest BCUT2D eigenvalue weighted by atomic mass is 79.9. The fraction of sp³-hybridized carbons (Fsp3) is 0.808. The zero-order valence-corrected chi connectivity index (χ0v) is 82.2. The van der Waals surface area contributed by atoms with Crippen molar-refractivity contribution < 1.29 is 147 Å². The smallest absolute Gasteiger partial charge is 0.331 e. The average Bonchev–Trinajstić information content (AvgIpc) is 1.38. The van der Waals surface area contributed by atoms with Crippen LogP contribution in [-0.4, -0.2) is 236 Å². The molecule has 0 amide bonds. The molecule has 0 radical (unpaired) electrons. The van der Waals surface area contributed by atoms with E-state index in [1.165, 1.54) is 6.21 Å². The van der Waals surface area contributed by atoms with Gasteiger partial charge in [-0.25, -0.2) is 19.2 Å². The molecule has 31 nitrogen and oxygen atoms in total. The molecule has 758 valence electrons. The Morgan fingerprint density at radius 3 is 1.23 bits per heavy atom. The molecule has 20 rings (SSSR count). The number of aliphatic hydroxyl groups excluding tert-OH is 1. The highest BCUT2D eigenvalue weighted by Crippen LogP contribution is 2.77. The van der Waals surface area contributed by atoms with Crippen molar-refractivity contribution in [2.24, 2.45) is 125 Å². The largest absolute Gasteiger partial charge is 0.481 e. The van der Waals surface area contributed by atoms with Gasteiger partial charge in [0.05, 0.1) is 89.2 Å². The fourth-order valence-corrected chi connectivity index (χ4v) is 35.5. The average molecular weight is 2000 g/mol. The van der Waals surface area contributed by atoms with Gasteiger partial charge in [-0.15, -0.1) is 16.8 Å². The molecule has 0 aromatic carbocycles. The number of rotatable bonds is 19. The molecule has 0 spiro atoms. The van der Waals surface area contributed by atoms with Gasteiger partial charge in [0.1, 0.15) is 62.2 Å². The number of hydrogen-bond acceptors (Lipinski definition) is 29. The van der Waals surface area contributed by atoms with Crippen molar-refractivity contribution in [2.75, 3.05) is 44.2 Å². The van der Waals surface area contributed by atoms with Crippen LogP contribution >= 0.6 is 27.5 Å². The molecule has 16 aliphatic carbocycles. The Labute approximate surface area is 813 Å². The summed E-state index contributed by atoms with van der Waals surface area (Å²) >= 11 is 8.79. The first-order valence-corrected chi connectivity index (χ1v) is 52.6. The van der Waals surface area contributed by atoms with Crippen LogP contribution in [0.5, 0.6) is 0 Å². The number of cyclic esters (lactones) is 4. The lowest BCUT2D eigenvalue weighted by atomic mass is 9.41. The third-order valence-corrected chi connectivity index (χ3v) is 42.8. The van der Waals surface area contributed by atoms with Crippen LogP contribution in [0.1, 0.15) is 291 Å². The van der Waals surface area contributed by atoms with Gasteiger partial charge in [-0.3, -0.25) is 28.8 Å². The highest BCUT2D eigenvalue weighted by molar-refractivity contribution is 9.09. The van der Waals surface area contributed by atoms with Crippen molar-refractivity contribution in [3.8, 4) is 0 Å². The second-order valence-corrected chi connectivity index (χ2v) is 47.7. The van der Waals surface area contributed by atoms with E-state index < -0.39 is 114 Å². The SMILES string of the molecule is CC12CCC(OC(=O)CBr)CC1CC[C@@H]1[C@@H]2CCC2(C)C(C3=CC(=O)OC3)CCC12O.CC12CC[C@H]3[C@@H](CCC4(O)CC(O)CCC34/C=N/O)C1(O)CCC2C1=CC(=O)OC1.CC12CC[C@H]3[C@@H](CCC4(O)CC(OC(=O)CCC(=O)O)CCC34COC(=O)CCC(=O)O)C1(O)CCC2C1=CC(=O)OC1.CC12CC[C@H]3[C@@H](CCC4(O)CC(OC(=O)CCl)CCC34C=O)C1(O)CCC2C1=CC(=O)OC1. The van der Waals surface area contributed by atoms with Crippen LogP contribution in [0.4, 0.5) is 0 Å². The normalized spacial score (nSPS) is 46.9. The lowest BCUT2D eigenvalue weighted by Gasteiger charge is -2.66. The minimum Gasteiger partial charge on any atom is -0.481 e. The molecule has 20 aliphatic rings. The van der Waals surface area contributed by atoms with Gasteiger partial charge >= 0.3 is 59.7 Å². The van der Waals surface area contributed by atoms with Crippen molar-refractivity contribution in [2.45, 2.75) is 355 Å². The van der Waals surface area contributed by atoms with Crippen LogP contribution in [-0.2, 0) is 90.6 Å². The Morgan fingerprint density at radius 2 is 0.796 bits per heavy atom. The van der Waals surface area contributed by atoms with Gasteiger partial charge in [0.2, 0.25) is 0 Å². The number of carbonyl (C=O) groups is 11. The van der Waals surface area contributed by atoms with Gasteiger partial charge in [0.15, 0.2) is 0 Å². The number of esters is 8. The maximum atomic E-state index is 12.7. The molecule has 11 N–H and O–H groups in total. The standard InChI is InChI=1S/C31H42O12.C25H35BrO5.C25H33ClO7.C23H33NO6/c1-28-10-7-21-22(31(28,40)13-9-20(28)18-14-27(38)41-16-18)8-12-30(39)15-19(43-26(37)5-3-24(34)35)6-11-29(21,30)17-42-25(36)4-2-23(32)33;1-23-8-5-17(31-22(28)13-26)12-16(23)3-4-20-19(23)6-9-24(2)18(7-10-25(20,24)29)15-11-21(27)30-14-15;1-22-6-3-18-19(25(22,31)9-5-17(22)15-10-20(28)32-13-15)4-8-24(30)11-16(33-21(29)12-26)2-7-23(18,24)14-27;1-20-6-3-17-18(23(20,28)9-5-16(20)14-10-19(26)30-12-14)4-8-22(27)11-15(25)2-7-21(17,22)13-24-29/h14,19-22,39-40H,2-13,15-17H2,1H3,(H,32,33)(H,34,35);11,16-20,29H,3-10,12-14H2,1-2H3;10,14,16-19,30-31H,2-9,11-13H2,1H3;10,13,15-18,25,27-29H,2-9,11-12H2,1H3/b;;;24-13+/t19?,20?,21-,22+,28?,29?,30?,31?;16?,17?,18?,19-,20+,23?,24?,25?;16?,17?,18-,19+,22?,23?,24?,25?;15?,16?,17-,18+,20?,21?,22?,23?/m0000/s1. The Hall–Kier alpha value is -6.75. The maximum Gasteiger partial charge on any atom is 0.331 e. The number of aliphatic hydroxyl groups is 8. The van der Waals surface area contributed by atoms with Crippen LogP contribution in [0.15, 0.2) is 51.8 Å². The number of fused-ring (bicyclic) bond motifs is 20. The van der Waals surface area contributed by atoms with Crippen LogP contribution < -0.4 is 0 Å². The molecule has 0 aromatic rings. The third kappa shape index (κ3) is 16.6. The number of oxime groups is 1. The molecule has 32 atom stereocenters. The number of aldehydes is 1. The van der Waals surface area contributed by atoms with Gasteiger partial charge in [0.25, 0.3) is 0 Å². The number of ether oxygens (including phenoxy) is 8. The van der Waals surface area contributed by atoms with E-state index in [0.717, 1.165) is 125 Å². The Morgan fingerprint density at radius 1 is 0.416 bits per heavy atom. The van der Waals surface area contributed by atoms with Gasteiger partial charge in [-0.1, -0.05) is 50.5 Å². The molecule has 0 saturated heterocycles. The summed E-state index contributed by atoms with van der Waals surface area (Å²) in [4.78, 5) is 130. The molecule has 0 bridgehead atoms. The number of carboxylic acids is 2. The summed E-state index contributed by atoms with van der Waals surface area (Å²) in [5.74, 6) is -4.57. The van der Waals surface area contributed by atoms with Crippen LogP contribution in [0.2, 0.25) is 0 Å². The Bertz CT molecular complexity index is 4920. The van der Waals surface area contributed by atoms with Crippen molar-refractivity contribution in [3.63, 3.8) is 0 Å². The molecule has 33 heteroatoms. The second kappa shape index (κ2) is 37.5. The third-order valence-electron chi connectivity index (χ3n) is 42.1. The first-order chi connectivity index (χ1) is 64.7. The number of aliphatic carboxylic acids is 2. The van der Waals surface area contributed by atoms with Gasteiger partial charge in [-0.2, -0.15) is 0 Å². The number of carboxylic acid groups (broad SMARTS) is 2. The fourth-order valence-electron chi connectivity index (χ4n) is 35.3. The highest BCUT2D eigenvalue weighted by Gasteiger charge is 2.77. The topological polar surface area (TPSA) is 497 Å². The minimum atomic E-state index is -1.40. The predicted octanol–water partition coefficient (Wildman–Crippen LogP) is 11.9. The van der Waals surface area contributed by atoms with Crippen LogP contribution in [0, 0.1) is 120 Å².